The number of hydrogen-bond donors (Lipinski definition) is 2. The van der Waals surface area contributed by atoms with Gasteiger partial charge in [-0.2, -0.15) is 5.10 Å². The summed E-state index contributed by atoms with van der Waals surface area (Å²) in [4.78, 5) is 0. The molecule has 2 aromatic rings. The van der Waals surface area contributed by atoms with Gasteiger partial charge in [0.05, 0.1) is 28.3 Å². The fourth-order valence-electron chi connectivity index (χ4n) is 2.19. The van der Waals surface area contributed by atoms with E-state index < -0.39 is 0 Å². The minimum atomic E-state index is 0.342. The molecule has 4 nitrogen and oxygen atoms in total. The van der Waals surface area contributed by atoms with E-state index in [0.29, 0.717) is 17.5 Å². The molecule has 0 amide bonds. The maximum atomic E-state index is 6.27. The summed E-state index contributed by atoms with van der Waals surface area (Å²) in [7, 11) is 0. The number of hydrogen-bond acceptors (Lipinski definition) is 3. The summed E-state index contributed by atoms with van der Waals surface area (Å²) in [6.07, 6.45) is 2.80. The topological polar surface area (TPSA) is 55.9 Å². The third kappa shape index (κ3) is 3.14. The summed E-state index contributed by atoms with van der Waals surface area (Å²) in [6, 6.07) is 7.74. The van der Waals surface area contributed by atoms with Gasteiger partial charge >= 0.3 is 0 Å². The van der Waals surface area contributed by atoms with Gasteiger partial charge in [-0.15, -0.1) is 0 Å². The number of nitrogens with zero attached hydrogens (tertiary/aromatic N) is 2. The van der Waals surface area contributed by atoms with Gasteiger partial charge in [0, 0.05) is 6.54 Å². The highest BCUT2D eigenvalue weighted by Crippen LogP contribution is 2.29. The lowest BCUT2D eigenvalue weighted by molar-refractivity contribution is 0.734. The largest absolute Gasteiger partial charge is 0.382 e. The number of nitrogens with one attached hydrogen (secondary N) is 1. The van der Waals surface area contributed by atoms with E-state index >= 15 is 0 Å². The van der Waals surface area contributed by atoms with Crippen LogP contribution in [-0.4, -0.2) is 22.9 Å². The maximum Gasteiger partial charge on any atom is 0.0835 e. The Kier molecular flexibility index (Phi) is 5.04. The second kappa shape index (κ2) is 6.77. The van der Waals surface area contributed by atoms with Crippen molar-refractivity contribution < 1.29 is 0 Å². The zero-order valence-corrected chi connectivity index (χ0v) is 12.7. The summed E-state index contributed by atoms with van der Waals surface area (Å²) in [5.74, 6) is 0.342. The van der Waals surface area contributed by atoms with E-state index in [9.17, 15) is 0 Å². The molecular weight excluding hydrogens is 272 g/mol. The number of anilines is 1. The number of halogens is 1. The lowest BCUT2D eigenvalue weighted by Gasteiger charge is -2.14. The van der Waals surface area contributed by atoms with Crippen molar-refractivity contribution in [3.8, 4) is 5.69 Å². The van der Waals surface area contributed by atoms with Gasteiger partial charge in [-0.25, -0.2) is 4.68 Å². The third-order valence-electron chi connectivity index (χ3n) is 3.13. The quantitative estimate of drug-likeness (QED) is 0.802. The smallest absolute Gasteiger partial charge is 0.0835 e. The molecule has 1 heterocycles. The number of rotatable bonds is 6. The molecule has 1 aromatic carbocycles. The van der Waals surface area contributed by atoms with Gasteiger partial charge in [-0.1, -0.05) is 37.6 Å². The highest BCUT2D eigenvalue weighted by atomic mass is 35.5. The van der Waals surface area contributed by atoms with E-state index in [-0.39, 0.29) is 0 Å². The summed E-state index contributed by atoms with van der Waals surface area (Å²) in [5.41, 5.74) is 8.62. The van der Waals surface area contributed by atoms with Crippen LogP contribution in [-0.2, 0) is 0 Å². The summed E-state index contributed by atoms with van der Waals surface area (Å²) in [5, 5.41) is 8.58. The van der Waals surface area contributed by atoms with Crippen LogP contribution in [0, 0.1) is 0 Å². The van der Waals surface area contributed by atoms with Gasteiger partial charge in [0.15, 0.2) is 0 Å². The van der Waals surface area contributed by atoms with Crippen molar-refractivity contribution in [2.75, 3.05) is 18.4 Å². The maximum absolute atomic E-state index is 6.27. The van der Waals surface area contributed by atoms with Gasteiger partial charge in [-0.3, -0.25) is 0 Å². The Morgan fingerprint density at radius 3 is 2.75 bits per heavy atom. The predicted octanol–water partition coefficient (Wildman–Crippen LogP) is 3.41. The Labute approximate surface area is 124 Å². The second-order valence-corrected chi connectivity index (χ2v) is 5.44. The van der Waals surface area contributed by atoms with Crippen molar-refractivity contribution in [2.45, 2.75) is 26.2 Å². The normalized spacial score (nSPS) is 11.1. The molecule has 2 rings (SSSR count). The van der Waals surface area contributed by atoms with Gasteiger partial charge in [0.25, 0.3) is 0 Å². The molecule has 0 saturated heterocycles. The Balaban J connectivity index is 2.37. The molecule has 0 radical (unpaired) electrons. The fourth-order valence-corrected chi connectivity index (χ4v) is 2.41. The first-order valence-electron chi connectivity index (χ1n) is 6.92. The van der Waals surface area contributed by atoms with Crippen LogP contribution in [0.1, 0.15) is 31.9 Å². The summed E-state index contributed by atoms with van der Waals surface area (Å²) >= 11 is 6.27. The molecule has 0 bridgehead atoms. The van der Waals surface area contributed by atoms with Crippen molar-refractivity contribution in [1.29, 1.82) is 0 Å². The van der Waals surface area contributed by atoms with Crippen LogP contribution in [0.25, 0.3) is 5.69 Å². The molecule has 1 aromatic heterocycles. The van der Waals surface area contributed by atoms with Crippen molar-refractivity contribution >= 4 is 17.3 Å². The van der Waals surface area contributed by atoms with E-state index in [1.165, 1.54) is 0 Å². The molecule has 0 aliphatic rings. The highest BCUT2D eigenvalue weighted by molar-refractivity contribution is 6.32. The van der Waals surface area contributed by atoms with Crippen molar-refractivity contribution in [1.82, 2.24) is 9.78 Å². The van der Waals surface area contributed by atoms with E-state index in [4.69, 9.17) is 17.3 Å². The van der Waals surface area contributed by atoms with Crippen molar-refractivity contribution in [3.05, 3.63) is 41.2 Å². The molecule has 5 heteroatoms. The van der Waals surface area contributed by atoms with Crippen LogP contribution >= 0.6 is 11.6 Å². The lowest BCUT2D eigenvalue weighted by atomic mass is 10.1. The second-order valence-electron chi connectivity index (χ2n) is 5.03. The summed E-state index contributed by atoms with van der Waals surface area (Å²) in [6.45, 7) is 5.84. The van der Waals surface area contributed by atoms with Crippen LogP contribution in [0.15, 0.2) is 30.5 Å². The van der Waals surface area contributed by atoms with Crippen molar-refractivity contribution in [3.63, 3.8) is 0 Å². The number of benzene rings is 1. The molecule has 108 valence electrons. The molecule has 0 spiro atoms. The average Bonchev–Trinajstić information content (AvgIpc) is 2.83. The van der Waals surface area contributed by atoms with Gasteiger partial charge < -0.3 is 11.1 Å². The monoisotopic (exact) mass is 292 g/mol. The minimum absolute atomic E-state index is 0.342. The molecular formula is C15H21ClN4. The SMILES string of the molecule is CC(C)c1c(NCCCN)cnn1-c1ccccc1Cl. The molecule has 0 fully saturated rings. The first-order valence-corrected chi connectivity index (χ1v) is 7.29. The van der Waals surface area contributed by atoms with E-state index in [1.54, 1.807) is 0 Å². The average molecular weight is 293 g/mol. The van der Waals surface area contributed by atoms with Crippen LogP contribution in [0.3, 0.4) is 0 Å². The zero-order chi connectivity index (χ0) is 14.5. The molecule has 20 heavy (non-hydrogen) atoms. The Bertz CT molecular complexity index is 563. The first kappa shape index (κ1) is 14.9. The Hall–Kier alpha value is -1.52. The molecule has 0 saturated carbocycles. The van der Waals surface area contributed by atoms with Crippen LogP contribution in [0.2, 0.25) is 5.02 Å². The van der Waals surface area contributed by atoms with E-state index in [0.717, 1.165) is 30.0 Å². The minimum Gasteiger partial charge on any atom is -0.382 e. The molecule has 3 N–H and O–H groups in total. The van der Waals surface area contributed by atoms with Gasteiger partial charge in [0.1, 0.15) is 0 Å². The number of aromatic nitrogens is 2. The highest BCUT2D eigenvalue weighted by Gasteiger charge is 2.16. The van der Waals surface area contributed by atoms with Crippen molar-refractivity contribution in [2.24, 2.45) is 5.73 Å². The van der Waals surface area contributed by atoms with Crippen LogP contribution < -0.4 is 11.1 Å². The Morgan fingerprint density at radius 2 is 2.10 bits per heavy atom. The van der Waals surface area contributed by atoms with Gasteiger partial charge in [0.2, 0.25) is 0 Å². The standard InChI is InChI=1S/C15H21ClN4/c1-11(2)15-13(18-9-5-8-17)10-19-20(15)14-7-4-3-6-12(14)16/h3-4,6-7,10-11,18H,5,8-9,17H2,1-2H3. The fraction of sp³-hybridized carbons (Fsp3) is 0.400. The molecule has 0 unspecified atom stereocenters. The predicted molar refractivity (Wildman–Crippen MR) is 84.8 cm³/mol. The van der Waals surface area contributed by atoms with E-state index in [2.05, 4.69) is 24.3 Å². The van der Waals surface area contributed by atoms with Gasteiger partial charge in [-0.05, 0) is 31.0 Å². The summed E-state index contributed by atoms with van der Waals surface area (Å²) < 4.78 is 1.91. The molecule has 0 aliphatic carbocycles. The van der Waals surface area contributed by atoms with Crippen LogP contribution in [0.5, 0.6) is 0 Å². The van der Waals surface area contributed by atoms with Crippen LogP contribution in [0.4, 0.5) is 5.69 Å². The molecule has 0 atom stereocenters. The number of para-hydroxylation sites is 1. The number of nitrogens with two attached hydrogens (primary N) is 1. The third-order valence-corrected chi connectivity index (χ3v) is 3.45. The van der Waals surface area contributed by atoms with E-state index in [1.807, 2.05) is 35.1 Å². The lowest BCUT2D eigenvalue weighted by Crippen LogP contribution is -2.11. The zero-order valence-electron chi connectivity index (χ0n) is 11.9. The first-order chi connectivity index (χ1) is 9.65. The molecule has 0 aliphatic heterocycles. The Morgan fingerprint density at radius 1 is 1.35 bits per heavy atom.